The van der Waals surface area contributed by atoms with Gasteiger partial charge >= 0.3 is 6.09 Å². The van der Waals surface area contributed by atoms with Gasteiger partial charge in [0.25, 0.3) is 0 Å². The Morgan fingerprint density at radius 2 is 2.13 bits per heavy atom. The monoisotopic (exact) mass is 321 g/mol. The lowest BCUT2D eigenvalue weighted by Gasteiger charge is -2.43. The third kappa shape index (κ3) is 5.06. The van der Waals surface area contributed by atoms with Crippen molar-refractivity contribution in [2.24, 2.45) is 0 Å². The summed E-state index contributed by atoms with van der Waals surface area (Å²) in [5, 5.41) is 3.49. The smallest absolute Gasteiger partial charge is 0.410 e. The molecule has 1 aromatic heterocycles. The van der Waals surface area contributed by atoms with Gasteiger partial charge in [-0.05, 0) is 40.7 Å². The Morgan fingerprint density at radius 3 is 2.70 bits per heavy atom. The molecule has 0 saturated carbocycles. The maximum Gasteiger partial charge on any atom is 0.410 e. The predicted molar refractivity (Wildman–Crippen MR) is 89.2 cm³/mol. The topological polar surface area (TPSA) is 70.6 Å². The standard InChI is InChI=1S/C16H27N5O2/c1-12(2)19-14-10-20(15(22)23-16(3,4)5)8-9-21(14)13-6-7-17-11-18-13/h6-7,11-12,14,19H,8-10H2,1-5H3. The molecule has 7 nitrogen and oxygen atoms in total. The van der Waals surface area contributed by atoms with Crippen LogP contribution in [0.25, 0.3) is 0 Å². The lowest BCUT2D eigenvalue weighted by atomic mass is 10.2. The first kappa shape index (κ1) is 17.5. The molecule has 7 heteroatoms. The summed E-state index contributed by atoms with van der Waals surface area (Å²) in [7, 11) is 0. The SMILES string of the molecule is CC(C)NC1CN(C(=O)OC(C)(C)C)CCN1c1ccncn1. The van der Waals surface area contributed by atoms with Crippen LogP contribution in [0.3, 0.4) is 0 Å². The van der Waals surface area contributed by atoms with Crippen molar-refractivity contribution in [2.45, 2.75) is 52.4 Å². The van der Waals surface area contributed by atoms with E-state index in [2.05, 4.69) is 34.0 Å². The number of carbonyl (C=O) groups is 1. The van der Waals surface area contributed by atoms with Crippen molar-refractivity contribution in [3.05, 3.63) is 18.6 Å². The van der Waals surface area contributed by atoms with Crippen LogP contribution in [0.4, 0.5) is 10.6 Å². The van der Waals surface area contributed by atoms with Crippen molar-refractivity contribution in [1.29, 1.82) is 0 Å². The third-order valence-corrected chi connectivity index (χ3v) is 3.42. The van der Waals surface area contributed by atoms with Gasteiger partial charge in [0.15, 0.2) is 0 Å². The fraction of sp³-hybridized carbons (Fsp3) is 0.688. The molecular weight excluding hydrogens is 294 g/mol. The second kappa shape index (κ2) is 7.12. The largest absolute Gasteiger partial charge is 0.444 e. The quantitative estimate of drug-likeness (QED) is 0.916. The molecule has 1 saturated heterocycles. The van der Waals surface area contributed by atoms with E-state index in [9.17, 15) is 4.79 Å². The number of amides is 1. The summed E-state index contributed by atoms with van der Waals surface area (Å²) in [6, 6.07) is 2.18. The minimum absolute atomic E-state index is 0.00818. The molecule has 23 heavy (non-hydrogen) atoms. The first-order valence-electron chi connectivity index (χ1n) is 8.03. The number of piperazine rings is 1. The molecule has 2 heterocycles. The Labute approximate surface area is 138 Å². The number of carbonyl (C=O) groups excluding carboxylic acids is 1. The Balaban J connectivity index is 2.10. The number of rotatable bonds is 3. The van der Waals surface area contributed by atoms with Crippen molar-refractivity contribution < 1.29 is 9.53 Å². The maximum atomic E-state index is 12.3. The molecule has 0 spiro atoms. The van der Waals surface area contributed by atoms with Gasteiger partial charge in [-0.2, -0.15) is 0 Å². The first-order chi connectivity index (χ1) is 10.8. The highest BCUT2D eigenvalue weighted by Gasteiger charge is 2.32. The van der Waals surface area contributed by atoms with E-state index in [1.807, 2.05) is 26.8 Å². The number of nitrogens with one attached hydrogen (secondary N) is 1. The minimum atomic E-state index is -0.484. The van der Waals surface area contributed by atoms with Crippen molar-refractivity contribution in [3.8, 4) is 0 Å². The molecule has 128 valence electrons. The van der Waals surface area contributed by atoms with Crippen LogP contribution in [0.5, 0.6) is 0 Å². The number of nitrogens with zero attached hydrogens (tertiary/aromatic N) is 4. The van der Waals surface area contributed by atoms with E-state index in [4.69, 9.17) is 4.74 Å². The molecule has 0 bridgehead atoms. The number of hydrogen-bond donors (Lipinski definition) is 1. The summed E-state index contributed by atoms with van der Waals surface area (Å²) in [4.78, 5) is 24.5. The lowest BCUT2D eigenvalue weighted by Crippen LogP contribution is -2.62. The second-order valence-corrected chi connectivity index (χ2v) is 7.02. The highest BCUT2D eigenvalue weighted by atomic mass is 16.6. The predicted octanol–water partition coefficient (Wildman–Crippen LogP) is 1.86. The fourth-order valence-corrected chi connectivity index (χ4v) is 2.53. The van der Waals surface area contributed by atoms with Crippen molar-refractivity contribution >= 4 is 11.9 Å². The van der Waals surface area contributed by atoms with Crippen LogP contribution in [0.1, 0.15) is 34.6 Å². The van der Waals surface area contributed by atoms with Gasteiger partial charge in [-0.25, -0.2) is 14.8 Å². The van der Waals surface area contributed by atoms with Crippen molar-refractivity contribution in [3.63, 3.8) is 0 Å². The van der Waals surface area contributed by atoms with Gasteiger partial charge in [0.05, 0.1) is 12.7 Å². The van der Waals surface area contributed by atoms with E-state index < -0.39 is 5.60 Å². The molecule has 1 aliphatic heterocycles. The van der Waals surface area contributed by atoms with E-state index >= 15 is 0 Å². The number of aromatic nitrogens is 2. The Hall–Kier alpha value is -1.89. The first-order valence-corrected chi connectivity index (χ1v) is 8.03. The molecule has 1 aliphatic rings. The zero-order valence-corrected chi connectivity index (χ0v) is 14.6. The zero-order valence-electron chi connectivity index (χ0n) is 14.6. The van der Waals surface area contributed by atoms with Gasteiger partial charge in [0, 0.05) is 25.3 Å². The highest BCUT2D eigenvalue weighted by Crippen LogP contribution is 2.18. The lowest BCUT2D eigenvalue weighted by molar-refractivity contribution is 0.0201. The molecule has 0 aliphatic carbocycles. The molecule has 1 aromatic rings. The average Bonchev–Trinajstić information content (AvgIpc) is 2.45. The molecule has 1 amide bonds. The summed E-state index contributed by atoms with van der Waals surface area (Å²) < 4.78 is 5.49. The number of hydrogen-bond acceptors (Lipinski definition) is 6. The van der Waals surface area contributed by atoms with Gasteiger partial charge in [0.1, 0.15) is 17.7 Å². The summed E-state index contributed by atoms with van der Waals surface area (Å²) in [5.41, 5.74) is -0.484. The number of ether oxygens (including phenoxy) is 1. The molecule has 0 aromatic carbocycles. The van der Waals surface area contributed by atoms with E-state index in [-0.39, 0.29) is 12.3 Å². The van der Waals surface area contributed by atoms with Crippen LogP contribution in [0.2, 0.25) is 0 Å². The average molecular weight is 321 g/mol. The van der Waals surface area contributed by atoms with E-state index in [1.165, 1.54) is 0 Å². The van der Waals surface area contributed by atoms with E-state index in [0.29, 0.717) is 25.7 Å². The maximum absolute atomic E-state index is 12.3. The van der Waals surface area contributed by atoms with Gasteiger partial charge in [-0.1, -0.05) is 0 Å². The van der Waals surface area contributed by atoms with Crippen LogP contribution in [-0.2, 0) is 4.74 Å². The minimum Gasteiger partial charge on any atom is -0.444 e. The molecule has 0 radical (unpaired) electrons. The fourth-order valence-electron chi connectivity index (χ4n) is 2.53. The molecule has 1 atom stereocenters. The van der Waals surface area contributed by atoms with Gasteiger partial charge < -0.3 is 14.5 Å². The van der Waals surface area contributed by atoms with Gasteiger partial charge in [-0.3, -0.25) is 5.32 Å². The third-order valence-electron chi connectivity index (χ3n) is 3.42. The van der Waals surface area contributed by atoms with E-state index in [0.717, 1.165) is 5.82 Å². The highest BCUT2D eigenvalue weighted by molar-refractivity contribution is 5.68. The van der Waals surface area contributed by atoms with Crippen molar-refractivity contribution in [2.75, 3.05) is 24.5 Å². The van der Waals surface area contributed by atoms with Gasteiger partial charge in [0.2, 0.25) is 0 Å². The van der Waals surface area contributed by atoms with Crippen LogP contribution >= 0.6 is 0 Å². The molecule has 1 fully saturated rings. The van der Waals surface area contributed by atoms with Crippen molar-refractivity contribution in [1.82, 2.24) is 20.2 Å². The van der Waals surface area contributed by atoms with Crippen LogP contribution in [0, 0.1) is 0 Å². The molecular formula is C16H27N5O2. The van der Waals surface area contributed by atoms with Gasteiger partial charge in [-0.15, -0.1) is 0 Å². The summed E-state index contributed by atoms with van der Waals surface area (Å²) in [5.74, 6) is 0.863. The van der Waals surface area contributed by atoms with Crippen LogP contribution in [0.15, 0.2) is 18.6 Å². The number of anilines is 1. The Kier molecular flexibility index (Phi) is 5.41. The molecule has 1 unspecified atom stereocenters. The summed E-state index contributed by atoms with van der Waals surface area (Å²) in [6.45, 7) is 11.7. The summed E-state index contributed by atoms with van der Waals surface area (Å²) in [6.07, 6.45) is 3.00. The Bertz CT molecular complexity index is 515. The van der Waals surface area contributed by atoms with Crippen LogP contribution < -0.4 is 10.2 Å². The zero-order chi connectivity index (χ0) is 17.0. The Morgan fingerprint density at radius 1 is 1.39 bits per heavy atom. The molecule has 2 rings (SSSR count). The molecule has 1 N–H and O–H groups in total. The second-order valence-electron chi connectivity index (χ2n) is 7.02. The summed E-state index contributed by atoms with van der Waals surface area (Å²) >= 11 is 0. The normalized spacial score (nSPS) is 19.1. The van der Waals surface area contributed by atoms with Crippen LogP contribution in [-0.4, -0.2) is 58.4 Å². The van der Waals surface area contributed by atoms with E-state index in [1.54, 1.807) is 17.4 Å².